The fourth-order valence-corrected chi connectivity index (χ4v) is 3.02. The number of ether oxygens (including phenoxy) is 1. The highest BCUT2D eigenvalue weighted by atomic mass is 16.5. The van der Waals surface area contributed by atoms with Gasteiger partial charge in [-0.1, -0.05) is 31.4 Å². The Balaban J connectivity index is 1.99. The molecular weight excluding hydrogens is 250 g/mol. The second-order valence-electron chi connectivity index (χ2n) is 6.13. The van der Waals surface area contributed by atoms with Crippen molar-refractivity contribution in [2.24, 2.45) is 0 Å². The van der Waals surface area contributed by atoms with E-state index in [0.29, 0.717) is 6.54 Å². The van der Waals surface area contributed by atoms with Gasteiger partial charge < -0.3 is 15.2 Å². The van der Waals surface area contributed by atoms with Crippen molar-refractivity contribution >= 4 is 0 Å². The Morgan fingerprint density at radius 1 is 1.30 bits per heavy atom. The number of benzene rings is 1. The molecule has 1 fully saturated rings. The molecular formula is C17H27NO2. The molecule has 20 heavy (non-hydrogen) atoms. The van der Waals surface area contributed by atoms with Crippen LogP contribution in [0.2, 0.25) is 0 Å². The Bertz CT molecular complexity index is 439. The fourth-order valence-electron chi connectivity index (χ4n) is 3.02. The van der Waals surface area contributed by atoms with Crippen LogP contribution in [0.25, 0.3) is 0 Å². The lowest BCUT2D eigenvalue weighted by atomic mass is 9.84. The molecule has 1 aromatic carbocycles. The number of rotatable bonds is 5. The average molecular weight is 277 g/mol. The summed E-state index contributed by atoms with van der Waals surface area (Å²) in [5.41, 5.74) is 1.82. The summed E-state index contributed by atoms with van der Waals surface area (Å²) in [6.07, 6.45) is 5.36. The van der Waals surface area contributed by atoms with Crippen molar-refractivity contribution in [2.45, 2.75) is 57.6 Å². The standard InChI is InChI=1S/C17H27NO2/c1-13-7-8-15(16(11-13)20-3)14(2)18-12-17(19)9-5-4-6-10-17/h7-8,11,14,18-19H,4-6,9-10,12H2,1-3H3. The maximum absolute atomic E-state index is 10.5. The third-order valence-electron chi connectivity index (χ3n) is 4.38. The summed E-state index contributed by atoms with van der Waals surface area (Å²) in [6.45, 7) is 4.85. The molecule has 0 aliphatic heterocycles. The molecule has 3 heteroatoms. The van der Waals surface area contributed by atoms with Gasteiger partial charge in [0.1, 0.15) is 5.75 Å². The second-order valence-corrected chi connectivity index (χ2v) is 6.13. The van der Waals surface area contributed by atoms with E-state index in [1.54, 1.807) is 7.11 Å². The molecule has 0 bridgehead atoms. The Morgan fingerprint density at radius 3 is 2.65 bits per heavy atom. The van der Waals surface area contributed by atoms with Gasteiger partial charge >= 0.3 is 0 Å². The van der Waals surface area contributed by atoms with Crippen molar-refractivity contribution < 1.29 is 9.84 Å². The zero-order chi connectivity index (χ0) is 14.6. The maximum Gasteiger partial charge on any atom is 0.123 e. The largest absolute Gasteiger partial charge is 0.496 e. The highest BCUT2D eigenvalue weighted by Gasteiger charge is 2.29. The smallest absolute Gasteiger partial charge is 0.123 e. The third-order valence-corrected chi connectivity index (χ3v) is 4.38. The van der Waals surface area contributed by atoms with E-state index >= 15 is 0 Å². The van der Waals surface area contributed by atoms with Crippen LogP contribution in [-0.4, -0.2) is 24.4 Å². The van der Waals surface area contributed by atoms with E-state index in [1.807, 2.05) is 0 Å². The molecule has 1 aliphatic carbocycles. The van der Waals surface area contributed by atoms with Crippen LogP contribution in [0.1, 0.15) is 56.2 Å². The van der Waals surface area contributed by atoms with Gasteiger partial charge in [0.25, 0.3) is 0 Å². The fraction of sp³-hybridized carbons (Fsp3) is 0.647. The molecule has 0 heterocycles. The van der Waals surface area contributed by atoms with E-state index in [4.69, 9.17) is 4.74 Å². The average Bonchev–Trinajstić information content (AvgIpc) is 2.45. The van der Waals surface area contributed by atoms with Crippen LogP contribution in [-0.2, 0) is 0 Å². The number of hydrogen-bond donors (Lipinski definition) is 2. The highest BCUT2D eigenvalue weighted by molar-refractivity contribution is 5.39. The summed E-state index contributed by atoms with van der Waals surface area (Å²) in [6, 6.07) is 6.45. The molecule has 2 N–H and O–H groups in total. The minimum absolute atomic E-state index is 0.177. The van der Waals surface area contributed by atoms with Crippen LogP contribution in [0.15, 0.2) is 18.2 Å². The predicted molar refractivity (Wildman–Crippen MR) is 82.2 cm³/mol. The lowest BCUT2D eigenvalue weighted by Gasteiger charge is -2.33. The van der Waals surface area contributed by atoms with Crippen molar-refractivity contribution in [2.75, 3.05) is 13.7 Å². The lowest BCUT2D eigenvalue weighted by Crippen LogP contribution is -2.42. The first-order valence-corrected chi connectivity index (χ1v) is 7.64. The van der Waals surface area contributed by atoms with E-state index < -0.39 is 5.60 Å². The van der Waals surface area contributed by atoms with Crippen LogP contribution >= 0.6 is 0 Å². The SMILES string of the molecule is COc1cc(C)ccc1C(C)NCC1(O)CCCCC1. The molecule has 3 nitrogen and oxygen atoms in total. The van der Waals surface area contributed by atoms with Crippen molar-refractivity contribution in [1.82, 2.24) is 5.32 Å². The van der Waals surface area contributed by atoms with Crippen LogP contribution in [0.5, 0.6) is 5.75 Å². The number of aliphatic hydroxyl groups is 1. The van der Waals surface area contributed by atoms with Gasteiger partial charge in [-0.2, -0.15) is 0 Å². The molecule has 112 valence electrons. The lowest BCUT2D eigenvalue weighted by molar-refractivity contribution is 0.00295. The number of aryl methyl sites for hydroxylation is 1. The summed E-state index contributed by atoms with van der Waals surface area (Å²) in [5.74, 6) is 0.917. The highest BCUT2D eigenvalue weighted by Crippen LogP contribution is 2.30. The molecule has 0 spiro atoms. The summed E-state index contributed by atoms with van der Waals surface area (Å²) in [7, 11) is 1.71. The first-order chi connectivity index (χ1) is 9.54. The van der Waals surface area contributed by atoms with Gasteiger partial charge in [0.2, 0.25) is 0 Å². The normalized spacial score (nSPS) is 19.6. The number of methoxy groups -OCH3 is 1. The van der Waals surface area contributed by atoms with E-state index in [9.17, 15) is 5.11 Å². The van der Waals surface area contributed by atoms with Gasteiger partial charge in [-0.05, 0) is 38.3 Å². The maximum atomic E-state index is 10.5. The van der Waals surface area contributed by atoms with Gasteiger partial charge in [-0.15, -0.1) is 0 Å². The molecule has 0 radical (unpaired) electrons. The topological polar surface area (TPSA) is 41.5 Å². The minimum Gasteiger partial charge on any atom is -0.496 e. The number of nitrogens with one attached hydrogen (secondary N) is 1. The Hall–Kier alpha value is -1.06. The summed E-state index contributed by atoms with van der Waals surface area (Å²) in [4.78, 5) is 0. The van der Waals surface area contributed by atoms with Crippen molar-refractivity contribution in [3.05, 3.63) is 29.3 Å². The molecule has 0 saturated heterocycles. The van der Waals surface area contributed by atoms with Crippen LogP contribution in [0.3, 0.4) is 0 Å². The summed E-state index contributed by atoms with van der Waals surface area (Å²) < 4.78 is 5.46. The Labute approximate surface area is 122 Å². The molecule has 1 saturated carbocycles. The Morgan fingerprint density at radius 2 is 2.00 bits per heavy atom. The molecule has 0 amide bonds. The third kappa shape index (κ3) is 3.74. The van der Waals surface area contributed by atoms with Gasteiger partial charge in [-0.3, -0.25) is 0 Å². The molecule has 1 aromatic rings. The van der Waals surface area contributed by atoms with Crippen molar-refractivity contribution in [1.29, 1.82) is 0 Å². The summed E-state index contributed by atoms with van der Waals surface area (Å²) in [5, 5.41) is 14.0. The molecule has 2 rings (SSSR count). The molecule has 1 atom stereocenters. The molecule has 0 aromatic heterocycles. The van der Waals surface area contributed by atoms with Crippen LogP contribution in [0.4, 0.5) is 0 Å². The second kappa shape index (κ2) is 6.59. The predicted octanol–water partition coefficient (Wildman–Crippen LogP) is 3.35. The first-order valence-electron chi connectivity index (χ1n) is 7.64. The zero-order valence-electron chi connectivity index (χ0n) is 12.9. The quantitative estimate of drug-likeness (QED) is 0.867. The van der Waals surface area contributed by atoms with Crippen molar-refractivity contribution in [3.63, 3.8) is 0 Å². The van der Waals surface area contributed by atoms with Gasteiger partial charge in [-0.25, -0.2) is 0 Å². The van der Waals surface area contributed by atoms with Crippen molar-refractivity contribution in [3.8, 4) is 5.75 Å². The summed E-state index contributed by atoms with van der Waals surface area (Å²) >= 11 is 0. The molecule has 1 aliphatic rings. The van der Waals surface area contributed by atoms with E-state index in [2.05, 4.69) is 37.4 Å². The van der Waals surface area contributed by atoms with Gasteiger partial charge in [0.15, 0.2) is 0 Å². The monoisotopic (exact) mass is 277 g/mol. The van der Waals surface area contributed by atoms with Gasteiger partial charge in [0, 0.05) is 18.2 Å². The minimum atomic E-state index is -0.523. The van der Waals surface area contributed by atoms with E-state index in [0.717, 1.165) is 37.0 Å². The number of hydrogen-bond acceptors (Lipinski definition) is 3. The zero-order valence-corrected chi connectivity index (χ0v) is 12.9. The van der Waals surface area contributed by atoms with Crippen LogP contribution < -0.4 is 10.1 Å². The van der Waals surface area contributed by atoms with Crippen LogP contribution in [0, 0.1) is 6.92 Å². The molecule has 1 unspecified atom stereocenters. The first kappa shape index (κ1) is 15.3. The van der Waals surface area contributed by atoms with Gasteiger partial charge in [0.05, 0.1) is 12.7 Å². The van der Waals surface area contributed by atoms with E-state index in [-0.39, 0.29) is 6.04 Å². The van der Waals surface area contributed by atoms with E-state index in [1.165, 1.54) is 12.0 Å². The Kier molecular flexibility index (Phi) is 5.06.